The summed E-state index contributed by atoms with van der Waals surface area (Å²) in [6, 6.07) is 27.6. The molecular formula is C33H35N5O4S. The summed E-state index contributed by atoms with van der Waals surface area (Å²) in [5.41, 5.74) is 7.79. The molecule has 1 aliphatic rings. The van der Waals surface area contributed by atoms with E-state index in [2.05, 4.69) is 10.0 Å². The summed E-state index contributed by atoms with van der Waals surface area (Å²) < 4.78 is 29.9. The van der Waals surface area contributed by atoms with Crippen molar-refractivity contribution in [2.24, 2.45) is 11.7 Å². The first-order valence-electron chi connectivity index (χ1n) is 14.2. The molecule has 4 aromatic rings. The number of nitrogens with zero attached hydrogens (tertiary/aromatic N) is 1. The van der Waals surface area contributed by atoms with Gasteiger partial charge in [0.2, 0.25) is 21.8 Å². The molecule has 1 fully saturated rings. The number of amidine groups is 1. The molecule has 0 radical (unpaired) electrons. The Balaban J connectivity index is 1.37. The molecule has 43 heavy (non-hydrogen) atoms. The number of piperidine rings is 1. The molecule has 10 heteroatoms. The normalized spacial score (nSPS) is 16.0. The standard InChI is InChI=1S/C33H35N5O4S/c34-31(35)27-13-6-10-24(18-27)19-30(37-43(41,42)29-16-15-25-11-4-5-12-26(25)20-29)33(40)38-17-7-14-28(22-38)32(39)36-21-23-8-2-1-3-9-23/h1-6,8-13,15-16,18,20,28,30,37H,7,14,17,19,21-22H2,(H3,34,35)(H,36,39)/t28-,30-/m0/s1. The van der Waals surface area contributed by atoms with Gasteiger partial charge < -0.3 is 16.0 Å². The number of nitrogens with one attached hydrogen (secondary N) is 3. The number of carbonyl (C=O) groups excluding carboxylic acids is 2. The molecule has 0 aromatic heterocycles. The molecule has 2 atom stereocenters. The summed E-state index contributed by atoms with van der Waals surface area (Å²) in [5, 5.41) is 12.4. The summed E-state index contributed by atoms with van der Waals surface area (Å²) in [7, 11) is -4.09. The number of hydrogen-bond acceptors (Lipinski definition) is 5. The highest BCUT2D eigenvalue weighted by Crippen LogP contribution is 2.22. The fourth-order valence-electron chi connectivity index (χ4n) is 5.41. The van der Waals surface area contributed by atoms with Gasteiger partial charge in [0.1, 0.15) is 11.9 Å². The first-order chi connectivity index (χ1) is 20.7. The van der Waals surface area contributed by atoms with Gasteiger partial charge in [-0.25, -0.2) is 8.42 Å². The Kier molecular flexibility index (Phi) is 9.18. The van der Waals surface area contributed by atoms with E-state index in [1.165, 1.54) is 6.07 Å². The van der Waals surface area contributed by atoms with Gasteiger partial charge in [-0.1, -0.05) is 78.9 Å². The lowest BCUT2D eigenvalue weighted by molar-refractivity contribution is -0.137. The third-order valence-electron chi connectivity index (χ3n) is 7.72. The molecular weight excluding hydrogens is 562 g/mol. The SMILES string of the molecule is N=C(N)c1cccc(C[C@H](NS(=O)(=O)c2ccc3ccccc3c2)C(=O)N2CCC[C@H](C(=O)NCc3ccccc3)C2)c1. The predicted molar refractivity (Wildman–Crippen MR) is 167 cm³/mol. The lowest BCUT2D eigenvalue weighted by Gasteiger charge is -2.34. The molecule has 1 aliphatic heterocycles. The van der Waals surface area contributed by atoms with E-state index in [1.807, 2.05) is 54.6 Å². The molecule has 1 saturated heterocycles. The average Bonchev–Trinajstić information content (AvgIpc) is 3.03. The maximum atomic E-state index is 14.0. The van der Waals surface area contributed by atoms with Crippen LogP contribution in [0.3, 0.4) is 0 Å². The first kappa shape index (κ1) is 29.9. The Morgan fingerprint density at radius 1 is 0.907 bits per heavy atom. The summed E-state index contributed by atoms with van der Waals surface area (Å²) in [6.45, 7) is 1.01. The zero-order valence-electron chi connectivity index (χ0n) is 23.7. The van der Waals surface area contributed by atoms with Gasteiger partial charge in [-0.15, -0.1) is 0 Å². The van der Waals surface area contributed by atoms with E-state index in [4.69, 9.17) is 11.1 Å². The van der Waals surface area contributed by atoms with E-state index in [0.29, 0.717) is 37.1 Å². The number of fused-ring (bicyclic) bond motifs is 1. The number of likely N-dealkylation sites (tertiary alicyclic amines) is 1. The topological polar surface area (TPSA) is 145 Å². The number of rotatable bonds is 10. The minimum atomic E-state index is -4.09. The third kappa shape index (κ3) is 7.46. The minimum absolute atomic E-state index is 0.0497. The van der Waals surface area contributed by atoms with Crippen LogP contribution in [0.25, 0.3) is 10.8 Å². The van der Waals surface area contributed by atoms with Gasteiger partial charge in [0.05, 0.1) is 10.8 Å². The molecule has 0 saturated carbocycles. The second kappa shape index (κ2) is 13.2. The molecule has 0 bridgehead atoms. The predicted octanol–water partition coefficient (Wildman–Crippen LogP) is 3.57. The van der Waals surface area contributed by atoms with Crippen molar-refractivity contribution in [1.29, 1.82) is 5.41 Å². The molecule has 5 rings (SSSR count). The summed E-state index contributed by atoms with van der Waals surface area (Å²) in [4.78, 5) is 28.7. The van der Waals surface area contributed by atoms with Gasteiger partial charge >= 0.3 is 0 Å². The lowest BCUT2D eigenvalue weighted by atomic mass is 9.95. The van der Waals surface area contributed by atoms with Gasteiger partial charge in [-0.3, -0.25) is 15.0 Å². The molecule has 0 spiro atoms. The van der Waals surface area contributed by atoms with Gasteiger partial charge in [-0.05, 0) is 59.4 Å². The van der Waals surface area contributed by atoms with Crippen LogP contribution in [0, 0.1) is 11.3 Å². The molecule has 0 aliphatic carbocycles. The third-order valence-corrected chi connectivity index (χ3v) is 9.19. The van der Waals surface area contributed by atoms with E-state index in [0.717, 1.165) is 16.3 Å². The highest BCUT2D eigenvalue weighted by molar-refractivity contribution is 7.89. The van der Waals surface area contributed by atoms with Crippen LogP contribution in [0.2, 0.25) is 0 Å². The van der Waals surface area contributed by atoms with Crippen molar-refractivity contribution >= 4 is 38.4 Å². The van der Waals surface area contributed by atoms with Crippen LogP contribution in [0.1, 0.15) is 29.5 Å². The Morgan fingerprint density at radius 2 is 1.63 bits per heavy atom. The highest BCUT2D eigenvalue weighted by atomic mass is 32.2. The Morgan fingerprint density at radius 3 is 2.40 bits per heavy atom. The fourth-order valence-corrected chi connectivity index (χ4v) is 6.64. The molecule has 1 heterocycles. The molecule has 0 unspecified atom stereocenters. The van der Waals surface area contributed by atoms with E-state index in [1.54, 1.807) is 41.3 Å². The maximum Gasteiger partial charge on any atom is 0.241 e. The van der Waals surface area contributed by atoms with Crippen LogP contribution in [-0.4, -0.2) is 50.1 Å². The van der Waals surface area contributed by atoms with Gasteiger partial charge in [0.25, 0.3) is 0 Å². The zero-order chi connectivity index (χ0) is 30.4. The molecule has 2 amide bonds. The summed E-state index contributed by atoms with van der Waals surface area (Å²) >= 11 is 0. The van der Waals surface area contributed by atoms with Crippen LogP contribution >= 0.6 is 0 Å². The quantitative estimate of drug-likeness (QED) is 0.163. The smallest absolute Gasteiger partial charge is 0.241 e. The van der Waals surface area contributed by atoms with Crippen molar-refractivity contribution in [3.63, 3.8) is 0 Å². The first-order valence-corrected chi connectivity index (χ1v) is 15.7. The van der Waals surface area contributed by atoms with E-state index in [-0.39, 0.29) is 29.6 Å². The van der Waals surface area contributed by atoms with Crippen LogP contribution in [0.4, 0.5) is 0 Å². The molecule has 9 nitrogen and oxygen atoms in total. The van der Waals surface area contributed by atoms with E-state index < -0.39 is 27.9 Å². The number of carbonyl (C=O) groups is 2. The number of sulfonamides is 1. The van der Waals surface area contributed by atoms with Crippen molar-refractivity contribution in [3.05, 3.63) is 114 Å². The van der Waals surface area contributed by atoms with Crippen LogP contribution < -0.4 is 15.8 Å². The fraction of sp³-hybridized carbons (Fsp3) is 0.242. The highest BCUT2D eigenvalue weighted by Gasteiger charge is 2.34. The van der Waals surface area contributed by atoms with Crippen molar-refractivity contribution in [2.45, 2.75) is 36.7 Å². The van der Waals surface area contributed by atoms with Crippen LogP contribution in [0.15, 0.2) is 102 Å². The monoisotopic (exact) mass is 597 g/mol. The van der Waals surface area contributed by atoms with Crippen LogP contribution in [0.5, 0.6) is 0 Å². The number of hydrogen-bond donors (Lipinski definition) is 4. The Bertz CT molecular complexity index is 1740. The minimum Gasteiger partial charge on any atom is -0.384 e. The van der Waals surface area contributed by atoms with Gasteiger partial charge in [-0.2, -0.15) is 4.72 Å². The van der Waals surface area contributed by atoms with Crippen molar-refractivity contribution in [2.75, 3.05) is 13.1 Å². The molecule has 4 aromatic carbocycles. The Labute approximate surface area is 251 Å². The number of amides is 2. The van der Waals surface area contributed by atoms with Crippen LogP contribution in [-0.2, 0) is 32.6 Å². The lowest BCUT2D eigenvalue weighted by Crippen LogP contribution is -2.53. The molecule has 5 N–H and O–H groups in total. The summed E-state index contributed by atoms with van der Waals surface area (Å²) in [5.74, 6) is -1.07. The molecule has 222 valence electrons. The zero-order valence-corrected chi connectivity index (χ0v) is 24.5. The Hall–Kier alpha value is -4.54. The number of nitrogens with two attached hydrogens (primary N) is 1. The summed E-state index contributed by atoms with van der Waals surface area (Å²) in [6.07, 6.45) is 1.31. The van der Waals surface area contributed by atoms with Crippen molar-refractivity contribution in [1.82, 2.24) is 14.9 Å². The maximum absolute atomic E-state index is 14.0. The number of nitrogen functional groups attached to an aromatic ring is 1. The van der Waals surface area contributed by atoms with E-state index in [9.17, 15) is 18.0 Å². The van der Waals surface area contributed by atoms with Crippen molar-refractivity contribution in [3.8, 4) is 0 Å². The largest absolute Gasteiger partial charge is 0.384 e. The number of benzene rings is 4. The van der Waals surface area contributed by atoms with E-state index >= 15 is 0 Å². The van der Waals surface area contributed by atoms with Gasteiger partial charge in [0, 0.05) is 25.2 Å². The second-order valence-corrected chi connectivity index (χ2v) is 12.5. The van der Waals surface area contributed by atoms with Crippen molar-refractivity contribution < 1.29 is 18.0 Å². The van der Waals surface area contributed by atoms with Gasteiger partial charge in [0.15, 0.2) is 0 Å². The average molecular weight is 598 g/mol. The second-order valence-electron chi connectivity index (χ2n) is 10.8.